The number of hydrogen-bond donors (Lipinski definition) is 1. The summed E-state index contributed by atoms with van der Waals surface area (Å²) < 4.78 is 1.34. The van der Waals surface area contributed by atoms with E-state index in [9.17, 15) is 9.90 Å². The fraction of sp³-hybridized carbons (Fsp3) is 0.0667. The number of phenolic OH excluding ortho intramolecular Hbond substituents is 1. The number of aromatic nitrogens is 1. The highest BCUT2D eigenvalue weighted by molar-refractivity contribution is 5.92. The zero-order chi connectivity index (χ0) is 13.7. The highest BCUT2D eigenvalue weighted by Gasteiger charge is 2.12. The average Bonchev–Trinajstić information content (AvgIpc) is 2.42. The molecule has 1 aromatic heterocycles. The van der Waals surface area contributed by atoms with Crippen molar-refractivity contribution in [2.24, 2.45) is 0 Å². The second-order valence-electron chi connectivity index (χ2n) is 4.03. The van der Waals surface area contributed by atoms with Crippen molar-refractivity contribution in [1.82, 2.24) is 0 Å². The SMILES string of the molecule is CC(=Cc1ccc(O)cc1)C(=O)O[n+]1ccccc1. The summed E-state index contributed by atoms with van der Waals surface area (Å²) in [5.41, 5.74) is 1.30. The van der Waals surface area contributed by atoms with Crippen molar-refractivity contribution in [3.63, 3.8) is 0 Å². The zero-order valence-electron chi connectivity index (χ0n) is 10.5. The van der Waals surface area contributed by atoms with Crippen LogP contribution in [-0.4, -0.2) is 11.1 Å². The topological polar surface area (TPSA) is 50.4 Å². The molecule has 4 nitrogen and oxygen atoms in total. The number of carbonyl (C=O) groups excluding carboxylic acids is 1. The van der Waals surface area contributed by atoms with Crippen LogP contribution in [0.15, 0.2) is 60.4 Å². The molecule has 1 N–H and O–H groups in total. The van der Waals surface area contributed by atoms with Gasteiger partial charge in [-0.2, -0.15) is 4.84 Å². The van der Waals surface area contributed by atoms with Crippen molar-refractivity contribution in [2.45, 2.75) is 6.92 Å². The first kappa shape index (κ1) is 12.8. The number of rotatable bonds is 3. The van der Waals surface area contributed by atoms with E-state index in [-0.39, 0.29) is 5.75 Å². The van der Waals surface area contributed by atoms with Crippen LogP contribution < -0.4 is 9.57 Å². The average molecular weight is 256 g/mol. The molecule has 2 aromatic rings. The molecule has 0 saturated heterocycles. The number of hydrogen-bond acceptors (Lipinski definition) is 3. The van der Waals surface area contributed by atoms with Crippen LogP contribution in [0.25, 0.3) is 6.08 Å². The molecule has 96 valence electrons. The molecule has 2 rings (SSSR count). The molecule has 0 fully saturated rings. The Bertz CT molecular complexity index is 589. The summed E-state index contributed by atoms with van der Waals surface area (Å²) in [7, 11) is 0. The Labute approximate surface area is 111 Å². The first-order valence-electron chi connectivity index (χ1n) is 5.81. The van der Waals surface area contributed by atoms with E-state index in [0.717, 1.165) is 5.56 Å². The second-order valence-corrected chi connectivity index (χ2v) is 4.03. The Morgan fingerprint density at radius 3 is 2.42 bits per heavy atom. The smallest absolute Gasteiger partial charge is 0.406 e. The van der Waals surface area contributed by atoms with E-state index < -0.39 is 5.97 Å². The van der Waals surface area contributed by atoms with E-state index in [1.165, 1.54) is 4.73 Å². The molecule has 0 spiro atoms. The van der Waals surface area contributed by atoms with E-state index >= 15 is 0 Å². The molecule has 0 atom stereocenters. The molecule has 19 heavy (non-hydrogen) atoms. The van der Waals surface area contributed by atoms with Crippen molar-refractivity contribution in [1.29, 1.82) is 0 Å². The van der Waals surface area contributed by atoms with Crippen LogP contribution in [0.3, 0.4) is 0 Å². The minimum absolute atomic E-state index is 0.192. The maximum Gasteiger partial charge on any atom is 0.406 e. The minimum atomic E-state index is -0.427. The lowest BCUT2D eigenvalue weighted by Crippen LogP contribution is -2.45. The Hall–Kier alpha value is -2.62. The van der Waals surface area contributed by atoms with Crippen molar-refractivity contribution < 1.29 is 19.5 Å². The third kappa shape index (κ3) is 3.67. The molecule has 1 aromatic carbocycles. The lowest BCUT2D eigenvalue weighted by molar-refractivity contribution is -0.869. The molecule has 0 saturated carbocycles. The van der Waals surface area contributed by atoms with Gasteiger partial charge in [0.15, 0.2) is 0 Å². The molecular formula is C15H14NO3+. The number of phenols is 1. The summed E-state index contributed by atoms with van der Waals surface area (Å²) in [5.74, 6) is -0.235. The monoisotopic (exact) mass is 256 g/mol. The van der Waals surface area contributed by atoms with Crippen LogP contribution in [-0.2, 0) is 4.79 Å². The molecular weight excluding hydrogens is 242 g/mol. The fourth-order valence-electron chi connectivity index (χ4n) is 1.49. The molecule has 0 radical (unpaired) electrons. The summed E-state index contributed by atoms with van der Waals surface area (Å²) in [6.45, 7) is 1.68. The van der Waals surface area contributed by atoms with Gasteiger partial charge in [-0.25, -0.2) is 4.79 Å². The summed E-state index contributed by atoms with van der Waals surface area (Å²) in [6.07, 6.45) is 4.99. The predicted molar refractivity (Wildman–Crippen MR) is 70.0 cm³/mol. The van der Waals surface area contributed by atoms with Gasteiger partial charge in [-0.3, -0.25) is 0 Å². The quantitative estimate of drug-likeness (QED) is 0.672. The maximum atomic E-state index is 11.8. The zero-order valence-corrected chi connectivity index (χ0v) is 10.5. The fourth-order valence-corrected chi connectivity index (χ4v) is 1.49. The lowest BCUT2D eigenvalue weighted by Gasteiger charge is -1.98. The van der Waals surface area contributed by atoms with Gasteiger partial charge >= 0.3 is 5.97 Å². The van der Waals surface area contributed by atoms with Crippen LogP contribution in [0.5, 0.6) is 5.75 Å². The second kappa shape index (κ2) is 5.82. The predicted octanol–water partition coefficient (Wildman–Crippen LogP) is 1.74. The number of benzene rings is 1. The third-order valence-electron chi connectivity index (χ3n) is 2.47. The van der Waals surface area contributed by atoms with Crippen molar-refractivity contribution in [3.8, 4) is 5.75 Å². The van der Waals surface area contributed by atoms with Gasteiger partial charge in [0.1, 0.15) is 5.75 Å². The van der Waals surface area contributed by atoms with Gasteiger partial charge in [0.2, 0.25) is 12.4 Å². The van der Waals surface area contributed by atoms with Gasteiger partial charge in [0.25, 0.3) is 0 Å². The number of aromatic hydroxyl groups is 1. The molecule has 0 bridgehead atoms. The van der Waals surface area contributed by atoms with Crippen LogP contribution in [0.1, 0.15) is 12.5 Å². The van der Waals surface area contributed by atoms with Crippen LogP contribution in [0.2, 0.25) is 0 Å². The molecule has 0 aliphatic carbocycles. The summed E-state index contributed by atoms with van der Waals surface area (Å²) in [4.78, 5) is 17.0. The maximum absolute atomic E-state index is 11.8. The minimum Gasteiger partial charge on any atom is -0.508 e. The molecule has 0 aliphatic rings. The first-order chi connectivity index (χ1) is 9.15. The Balaban J connectivity index is 2.08. The van der Waals surface area contributed by atoms with Gasteiger partial charge < -0.3 is 5.11 Å². The molecule has 0 aliphatic heterocycles. The Morgan fingerprint density at radius 2 is 1.79 bits per heavy atom. The number of carbonyl (C=O) groups is 1. The largest absolute Gasteiger partial charge is 0.508 e. The standard InChI is InChI=1S/C15H13NO3/c1-12(11-13-5-7-14(17)8-6-13)15(18)19-16-9-3-2-4-10-16/h2-11H,1H3/p+1. The van der Waals surface area contributed by atoms with E-state index in [1.807, 2.05) is 6.07 Å². The van der Waals surface area contributed by atoms with Crippen molar-refractivity contribution in [3.05, 3.63) is 66.0 Å². The van der Waals surface area contributed by atoms with Gasteiger partial charge in [-0.05, 0) is 30.7 Å². The normalized spacial score (nSPS) is 11.1. The highest BCUT2D eigenvalue weighted by Crippen LogP contribution is 2.12. The summed E-state index contributed by atoms with van der Waals surface area (Å²) in [6, 6.07) is 12.0. The van der Waals surface area contributed by atoms with E-state index in [0.29, 0.717) is 5.57 Å². The van der Waals surface area contributed by atoms with Gasteiger partial charge in [0.05, 0.1) is 0 Å². The number of pyridine rings is 1. The van der Waals surface area contributed by atoms with Crippen LogP contribution in [0.4, 0.5) is 0 Å². The van der Waals surface area contributed by atoms with E-state index in [4.69, 9.17) is 4.84 Å². The number of nitrogens with zero attached hydrogens (tertiary/aromatic N) is 1. The molecule has 0 unspecified atom stereocenters. The Morgan fingerprint density at radius 1 is 1.16 bits per heavy atom. The van der Waals surface area contributed by atoms with Crippen LogP contribution >= 0.6 is 0 Å². The van der Waals surface area contributed by atoms with Crippen molar-refractivity contribution >= 4 is 12.0 Å². The van der Waals surface area contributed by atoms with Gasteiger partial charge in [-0.15, -0.1) is 0 Å². The third-order valence-corrected chi connectivity index (χ3v) is 2.47. The van der Waals surface area contributed by atoms with E-state index in [1.54, 1.807) is 61.8 Å². The van der Waals surface area contributed by atoms with Gasteiger partial charge in [-0.1, -0.05) is 18.2 Å². The highest BCUT2D eigenvalue weighted by atomic mass is 16.7. The van der Waals surface area contributed by atoms with Crippen molar-refractivity contribution in [2.75, 3.05) is 0 Å². The first-order valence-corrected chi connectivity index (χ1v) is 5.81. The summed E-state index contributed by atoms with van der Waals surface area (Å²) in [5, 5.41) is 9.18. The molecule has 0 amide bonds. The van der Waals surface area contributed by atoms with Crippen LogP contribution in [0, 0.1) is 0 Å². The Kier molecular flexibility index (Phi) is 3.93. The molecule has 1 heterocycles. The van der Waals surface area contributed by atoms with Gasteiger partial charge in [0, 0.05) is 22.4 Å². The molecule has 4 heteroatoms. The summed E-state index contributed by atoms with van der Waals surface area (Å²) >= 11 is 0. The lowest BCUT2D eigenvalue weighted by atomic mass is 10.1. The van der Waals surface area contributed by atoms with E-state index in [2.05, 4.69) is 0 Å².